The van der Waals surface area contributed by atoms with E-state index in [1.54, 1.807) is 23.1 Å². The van der Waals surface area contributed by atoms with Gasteiger partial charge in [0.05, 0.1) is 5.75 Å². The smallest absolute Gasteiger partial charge is 0.243 e. The van der Waals surface area contributed by atoms with Crippen molar-refractivity contribution in [1.82, 2.24) is 10.2 Å². The Bertz CT molecular complexity index is 1210. The van der Waals surface area contributed by atoms with E-state index in [4.69, 9.17) is 34.8 Å². The van der Waals surface area contributed by atoms with Crippen LogP contribution in [0, 0.1) is 0 Å². The summed E-state index contributed by atoms with van der Waals surface area (Å²) in [4.78, 5) is 29.2. The van der Waals surface area contributed by atoms with Crippen LogP contribution in [0.25, 0.3) is 0 Å². The maximum atomic E-state index is 13.8. The molecule has 0 radical (unpaired) electrons. The van der Waals surface area contributed by atoms with Crippen LogP contribution in [0.4, 0.5) is 0 Å². The highest BCUT2D eigenvalue weighted by Crippen LogP contribution is 2.28. The molecule has 1 saturated carbocycles. The summed E-state index contributed by atoms with van der Waals surface area (Å²) >= 11 is 20.8. The Hall–Kier alpha value is -2.18. The molecule has 1 N–H and O–H groups in total. The number of hydrogen-bond acceptors (Lipinski definition) is 3. The highest BCUT2D eigenvalue weighted by Gasteiger charge is 2.32. The zero-order valence-electron chi connectivity index (χ0n) is 21.0. The largest absolute Gasteiger partial charge is 0.352 e. The van der Waals surface area contributed by atoms with Crippen LogP contribution in [0.2, 0.25) is 15.1 Å². The van der Waals surface area contributed by atoms with Gasteiger partial charge in [0.15, 0.2) is 0 Å². The van der Waals surface area contributed by atoms with Crippen molar-refractivity contribution >= 4 is 58.4 Å². The second kappa shape index (κ2) is 14.3. The summed E-state index contributed by atoms with van der Waals surface area (Å²) in [6, 6.07) is 22.1. The van der Waals surface area contributed by atoms with E-state index in [1.165, 1.54) is 11.8 Å². The topological polar surface area (TPSA) is 49.4 Å². The van der Waals surface area contributed by atoms with Gasteiger partial charge < -0.3 is 10.2 Å². The van der Waals surface area contributed by atoms with E-state index >= 15 is 0 Å². The lowest BCUT2D eigenvalue weighted by Crippen LogP contribution is -2.52. The van der Waals surface area contributed by atoms with E-state index < -0.39 is 6.04 Å². The molecular weight excluding hydrogens is 559 g/mol. The molecule has 0 heterocycles. The van der Waals surface area contributed by atoms with E-state index in [0.717, 1.165) is 36.8 Å². The molecule has 3 aromatic rings. The van der Waals surface area contributed by atoms with Gasteiger partial charge in [-0.15, -0.1) is 11.8 Å². The fourth-order valence-corrected chi connectivity index (χ4v) is 6.43. The quantitative estimate of drug-likeness (QED) is 0.251. The highest BCUT2D eigenvalue weighted by molar-refractivity contribution is 7.99. The first-order valence-electron chi connectivity index (χ1n) is 12.8. The zero-order valence-corrected chi connectivity index (χ0v) is 24.1. The van der Waals surface area contributed by atoms with Crippen molar-refractivity contribution in [3.05, 3.63) is 105 Å². The molecular formula is C30H31Cl3N2O2S. The van der Waals surface area contributed by atoms with Gasteiger partial charge in [-0.2, -0.15) is 0 Å². The minimum Gasteiger partial charge on any atom is -0.352 e. The van der Waals surface area contributed by atoms with Crippen LogP contribution in [0.1, 0.15) is 42.4 Å². The fraction of sp³-hybridized carbons (Fsp3) is 0.333. The molecule has 0 spiro atoms. The van der Waals surface area contributed by atoms with Crippen molar-refractivity contribution in [1.29, 1.82) is 0 Å². The van der Waals surface area contributed by atoms with E-state index in [-0.39, 0.29) is 30.2 Å². The van der Waals surface area contributed by atoms with Crippen molar-refractivity contribution in [2.75, 3.05) is 5.75 Å². The van der Waals surface area contributed by atoms with Gasteiger partial charge in [-0.3, -0.25) is 9.59 Å². The standard InChI is InChI=1S/C30H31Cl3N2O2S/c31-25-14-7-4-11-22(25)19-38-20-29(36)35(18-24-26(32)15-8-16-27(24)33)28(17-21-9-2-1-3-10-21)30(37)34-23-12-5-6-13-23/h1-4,7-11,14-16,23,28H,5-6,12-13,17-20H2,(H,34,37)/t28-/m0/s1. The first kappa shape index (κ1) is 28.8. The Balaban J connectivity index is 1.61. The number of halogens is 3. The number of nitrogens with one attached hydrogen (secondary N) is 1. The molecule has 2 amide bonds. The first-order chi connectivity index (χ1) is 18.4. The van der Waals surface area contributed by atoms with Gasteiger partial charge >= 0.3 is 0 Å². The number of amides is 2. The van der Waals surface area contributed by atoms with Crippen molar-refractivity contribution < 1.29 is 9.59 Å². The molecule has 4 nitrogen and oxygen atoms in total. The Morgan fingerprint density at radius 3 is 2.18 bits per heavy atom. The molecule has 1 fully saturated rings. The van der Waals surface area contributed by atoms with Crippen LogP contribution >= 0.6 is 46.6 Å². The van der Waals surface area contributed by atoms with E-state index in [1.807, 2.05) is 54.6 Å². The Morgan fingerprint density at radius 2 is 1.50 bits per heavy atom. The minimum absolute atomic E-state index is 0.135. The minimum atomic E-state index is -0.709. The third kappa shape index (κ3) is 7.92. The lowest BCUT2D eigenvalue weighted by Gasteiger charge is -2.33. The Kier molecular flexibility index (Phi) is 10.8. The van der Waals surface area contributed by atoms with Crippen LogP contribution in [-0.2, 0) is 28.3 Å². The summed E-state index contributed by atoms with van der Waals surface area (Å²) < 4.78 is 0. The second-order valence-electron chi connectivity index (χ2n) is 9.50. The number of carbonyl (C=O) groups excluding carboxylic acids is 2. The lowest BCUT2D eigenvalue weighted by molar-refractivity contribution is -0.139. The van der Waals surface area contributed by atoms with Gasteiger partial charge in [0.1, 0.15) is 6.04 Å². The van der Waals surface area contributed by atoms with E-state index in [9.17, 15) is 9.59 Å². The molecule has 1 aliphatic rings. The molecule has 38 heavy (non-hydrogen) atoms. The normalized spacial score (nSPS) is 14.3. The predicted octanol–water partition coefficient (Wildman–Crippen LogP) is 7.58. The molecule has 0 unspecified atom stereocenters. The van der Waals surface area contributed by atoms with Crippen LogP contribution in [0.3, 0.4) is 0 Å². The van der Waals surface area contributed by atoms with Gasteiger partial charge in [-0.05, 0) is 42.2 Å². The van der Waals surface area contributed by atoms with E-state index in [0.29, 0.717) is 32.8 Å². The van der Waals surface area contributed by atoms with Crippen LogP contribution in [0.5, 0.6) is 0 Å². The maximum absolute atomic E-state index is 13.8. The third-order valence-corrected chi connectivity index (χ3v) is 8.85. The summed E-state index contributed by atoms with van der Waals surface area (Å²) in [5, 5.41) is 4.82. The van der Waals surface area contributed by atoms with Gasteiger partial charge in [0.2, 0.25) is 11.8 Å². The van der Waals surface area contributed by atoms with Crippen LogP contribution in [-0.4, -0.2) is 34.6 Å². The summed E-state index contributed by atoms with van der Waals surface area (Å²) in [5.41, 5.74) is 2.57. The van der Waals surface area contributed by atoms with Gasteiger partial charge in [-0.1, -0.05) is 102 Å². The molecule has 8 heteroatoms. The number of benzene rings is 3. The SMILES string of the molecule is O=C(NC1CCCC1)[C@H](Cc1ccccc1)N(Cc1c(Cl)cccc1Cl)C(=O)CSCc1ccccc1Cl. The van der Waals surface area contributed by atoms with Crippen molar-refractivity contribution in [2.45, 2.75) is 56.5 Å². The summed E-state index contributed by atoms with van der Waals surface area (Å²) in [6.07, 6.45) is 4.52. The monoisotopic (exact) mass is 588 g/mol. The third-order valence-electron chi connectivity index (χ3n) is 6.80. The molecule has 200 valence electrons. The molecule has 0 saturated heterocycles. The second-order valence-corrected chi connectivity index (χ2v) is 11.7. The Labute approximate surface area is 244 Å². The van der Waals surface area contributed by atoms with Crippen molar-refractivity contribution in [3.8, 4) is 0 Å². The molecule has 0 aliphatic heterocycles. The van der Waals surface area contributed by atoms with Crippen LogP contribution < -0.4 is 5.32 Å². The van der Waals surface area contributed by atoms with Crippen molar-refractivity contribution in [3.63, 3.8) is 0 Å². The van der Waals surface area contributed by atoms with Gasteiger partial charge in [-0.25, -0.2) is 0 Å². The average Bonchev–Trinajstić information content (AvgIpc) is 3.42. The number of thioether (sulfide) groups is 1. The molecule has 1 atom stereocenters. The molecule has 1 aliphatic carbocycles. The lowest BCUT2D eigenvalue weighted by atomic mass is 10.0. The number of hydrogen-bond donors (Lipinski definition) is 1. The predicted molar refractivity (Wildman–Crippen MR) is 159 cm³/mol. The van der Waals surface area contributed by atoms with Gasteiger partial charge in [0.25, 0.3) is 0 Å². The first-order valence-corrected chi connectivity index (χ1v) is 15.1. The number of carbonyl (C=O) groups is 2. The summed E-state index contributed by atoms with van der Waals surface area (Å²) in [5.74, 6) is 0.480. The summed E-state index contributed by atoms with van der Waals surface area (Å²) in [7, 11) is 0. The summed E-state index contributed by atoms with van der Waals surface area (Å²) in [6.45, 7) is 0.138. The van der Waals surface area contributed by atoms with Crippen LogP contribution in [0.15, 0.2) is 72.8 Å². The molecule has 0 bridgehead atoms. The molecule has 0 aromatic heterocycles. The highest BCUT2D eigenvalue weighted by atomic mass is 35.5. The van der Waals surface area contributed by atoms with E-state index in [2.05, 4.69) is 5.32 Å². The maximum Gasteiger partial charge on any atom is 0.243 e. The number of rotatable bonds is 11. The molecule has 4 rings (SSSR count). The van der Waals surface area contributed by atoms with Gasteiger partial charge in [0, 0.05) is 45.4 Å². The zero-order chi connectivity index (χ0) is 26.9. The fourth-order valence-electron chi connectivity index (χ4n) is 4.72. The average molecular weight is 590 g/mol. The van der Waals surface area contributed by atoms with Crippen molar-refractivity contribution in [2.24, 2.45) is 0 Å². The Morgan fingerprint density at radius 1 is 0.868 bits per heavy atom. The molecule has 3 aromatic carbocycles. The number of nitrogens with zero attached hydrogens (tertiary/aromatic N) is 1.